The Balaban J connectivity index is 1.20. The largest absolute Gasteiger partial charge is 0.372 e. The predicted octanol–water partition coefficient (Wildman–Crippen LogP) is -0.495. The Morgan fingerprint density at radius 3 is 2.43 bits per heavy atom. The highest BCUT2D eigenvalue weighted by molar-refractivity contribution is 5.91. The first-order valence-electron chi connectivity index (χ1n) is 10.4. The fourth-order valence-corrected chi connectivity index (χ4v) is 4.23. The normalized spacial score (nSPS) is 22.4. The van der Waals surface area contributed by atoms with Gasteiger partial charge in [-0.1, -0.05) is 5.16 Å². The summed E-state index contributed by atoms with van der Waals surface area (Å²) < 4.78 is 5.15. The van der Waals surface area contributed by atoms with E-state index in [9.17, 15) is 4.79 Å². The van der Waals surface area contributed by atoms with Gasteiger partial charge in [-0.05, 0) is 44.0 Å². The van der Waals surface area contributed by atoms with E-state index in [4.69, 9.17) is 4.52 Å². The van der Waals surface area contributed by atoms with Crippen LogP contribution in [0.2, 0.25) is 0 Å². The van der Waals surface area contributed by atoms with Gasteiger partial charge in [-0.25, -0.2) is 0 Å². The molecule has 2 aromatic rings. The molecule has 3 heterocycles. The topological polar surface area (TPSA) is 67.2 Å². The Hall–Kier alpha value is -2.38. The number of aromatic nitrogens is 1. The lowest BCUT2D eigenvalue weighted by atomic mass is 10.2. The van der Waals surface area contributed by atoms with Crippen molar-refractivity contribution in [2.75, 3.05) is 56.0 Å². The summed E-state index contributed by atoms with van der Waals surface area (Å²) in [5, 5.41) is 7.14. The molecule has 2 fully saturated rings. The maximum atomic E-state index is 12.4. The first-order valence-corrected chi connectivity index (χ1v) is 10.4. The number of benzene rings is 1. The van der Waals surface area contributed by atoms with E-state index in [1.165, 1.54) is 28.3 Å². The molecular weight excluding hydrogens is 354 g/mol. The van der Waals surface area contributed by atoms with E-state index in [-0.39, 0.29) is 5.91 Å². The Morgan fingerprint density at radius 2 is 1.79 bits per heavy atom. The van der Waals surface area contributed by atoms with Gasteiger partial charge in [-0.15, -0.1) is 0 Å². The molecule has 0 unspecified atom stereocenters. The minimum atomic E-state index is 0.0968. The van der Waals surface area contributed by atoms with Crippen LogP contribution < -0.4 is 20.0 Å². The van der Waals surface area contributed by atoms with Crippen molar-refractivity contribution in [3.63, 3.8) is 0 Å². The Morgan fingerprint density at radius 1 is 1.11 bits per heavy atom. The van der Waals surface area contributed by atoms with E-state index >= 15 is 0 Å². The third-order valence-corrected chi connectivity index (χ3v) is 5.80. The van der Waals surface area contributed by atoms with Crippen LogP contribution in [-0.2, 0) is 11.3 Å². The average Bonchev–Trinajstić information content (AvgIpc) is 3.36. The number of hydrogen-bond donors (Lipinski definition) is 3. The van der Waals surface area contributed by atoms with Crippen LogP contribution in [-0.4, -0.2) is 56.9 Å². The number of nitrogens with one attached hydrogen (secondary N) is 3. The summed E-state index contributed by atoms with van der Waals surface area (Å²) in [6.45, 7) is 9.76. The van der Waals surface area contributed by atoms with Gasteiger partial charge < -0.3 is 24.5 Å². The molecule has 1 amide bonds. The van der Waals surface area contributed by atoms with Crippen LogP contribution in [0.15, 0.2) is 34.9 Å². The molecule has 150 valence electrons. The lowest BCUT2D eigenvalue weighted by Crippen LogP contribution is -3.28. The minimum absolute atomic E-state index is 0.0968. The van der Waals surface area contributed by atoms with Crippen LogP contribution in [0.3, 0.4) is 0 Å². The number of aryl methyl sites for hydroxylation is 1. The Labute approximate surface area is 166 Å². The van der Waals surface area contributed by atoms with Gasteiger partial charge in [0, 0.05) is 30.5 Å². The van der Waals surface area contributed by atoms with Crippen molar-refractivity contribution < 1.29 is 19.1 Å². The summed E-state index contributed by atoms with van der Waals surface area (Å²) in [6.07, 6.45) is 2.54. The SMILES string of the molecule is Cc1cc(C[NH+]2CC[NH+](CC(=O)Nc3ccc(N4CCCC4)cc3)CC2)no1. The van der Waals surface area contributed by atoms with Gasteiger partial charge in [0.05, 0.1) is 0 Å². The molecular formula is C21H31N5O2+2. The second-order valence-electron chi connectivity index (χ2n) is 8.07. The lowest BCUT2D eigenvalue weighted by molar-refractivity contribution is -1.02. The molecule has 0 bridgehead atoms. The molecule has 28 heavy (non-hydrogen) atoms. The highest BCUT2D eigenvalue weighted by Gasteiger charge is 2.25. The molecule has 1 aromatic heterocycles. The smallest absolute Gasteiger partial charge is 0.279 e. The van der Waals surface area contributed by atoms with Crippen LogP contribution in [0.4, 0.5) is 11.4 Å². The molecule has 0 aliphatic carbocycles. The van der Waals surface area contributed by atoms with Crippen molar-refractivity contribution in [1.29, 1.82) is 0 Å². The van der Waals surface area contributed by atoms with E-state index in [0.717, 1.165) is 63.0 Å². The molecule has 0 atom stereocenters. The molecule has 2 saturated heterocycles. The number of rotatable bonds is 6. The van der Waals surface area contributed by atoms with Crippen molar-refractivity contribution in [2.45, 2.75) is 26.3 Å². The molecule has 7 heteroatoms. The van der Waals surface area contributed by atoms with E-state index in [0.29, 0.717) is 6.54 Å². The molecule has 2 aliphatic rings. The first kappa shape index (κ1) is 19.0. The summed E-state index contributed by atoms with van der Waals surface area (Å²) in [5.41, 5.74) is 3.16. The number of carbonyl (C=O) groups is 1. The standard InChI is InChI=1S/C21H29N5O2/c1-17-14-19(23-28-17)15-24-10-12-25(13-11-24)16-21(27)22-18-4-6-20(7-5-18)26-8-2-3-9-26/h4-7,14H,2-3,8-13,15-16H2,1H3,(H,22,27)/p+2. The van der Waals surface area contributed by atoms with E-state index in [2.05, 4.69) is 27.5 Å². The van der Waals surface area contributed by atoms with Gasteiger partial charge >= 0.3 is 0 Å². The second-order valence-corrected chi connectivity index (χ2v) is 8.07. The predicted molar refractivity (Wildman–Crippen MR) is 108 cm³/mol. The van der Waals surface area contributed by atoms with Gasteiger partial charge in [-0.3, -0.25) is 4.79 Å². The molecule has 0 saturated carbocycles. The molecule has 1 aromatic carbocycles. The zero-order valence-corrected chi connectivity index (χ0v) is 16.7. The number of quaternary nitrogens is 2. The molecule has 3 N–H and O–H groups in total. The monoisotopic (exact) mass is 385 g/mol. The number of carbonyl (C=O) groups excluding carboxylic acids is 1. The molecule has 0 radical (unpaired) electrons. The average molecular weight is 386 g/mol. The number of hydrogen-bond acceptors (Lipinski definition) is 4. The number of nitrogens with zero attached hydrogens (tertiary/aromatic N) is 2. The Bertz CT molecular complexity index is 774. The fourth-order valence-electron chi connectivity index (χ4n) is 4.23. The summed E-state index contributed by atoms with van der Waals surface area (Å²) in [7, 11) is 0. The van der Waals surface area contributed by atoms with Crippen molar-refractivity contribution >= 4 is 17.3 Å². The van der Waals surface area contributed by atoms with Crippen LogP contribution >= 0.6 is 0 Å². The van der Waals surface area contributed by atoms with Crippen LogP contribution in [0.1, 0.15) is 24.3 Å². The van der Waals surface area contributed by atoms with E-state index < -0.39 is 0 Å². The van der Waals surface area contributed by atoms with Gasteiger partial charge in [0.2, 0.25) is 0 Å². The lowest BCUT2D eigenvalue weighted by Gasteiger charge is -2.28. The zero-order valence-electron chi connectivity index (χ0n) is 16.7. The van der Waals surface area contributed by atoms with Crippen LogP contribution in [0.25, 0.3) is 0 Å². The summed E-state index contributed by atoms with van der Waals surface area (Å²) in [4.78, 5) is 17.7. The molecule has 2 aliphatic heterocycles. The van der Waals surface area contributed by atoms with Crippen LogP contribution in [0, 0.1) is 6.92 Å². The zero-order chi connectivity index (χ0) is 19.3. The van der Waals surface area contributed by atoms with E-state index in [1.807, 2.05) is 25.1 Å². The quantitative estimate of drug-likeness (QED) is 0.628. The van der Waals surface area contributed by atoms with Crippen molar-refractivity contribution in [3.8, 4) is 0 Å². The number of anilines is 2. The first-order chi connectivity index (χ1) is 13.7. The van der Waals surface area contributed by atoms with Gasteiger partial charge in [0.25, 0.3) is 5.91 Å². The molecule has 0 spiro atoms. The number of amides is 1. The summed E-state index contributed by atoms with van der Waals surface area (Å²) in [5.74, 6) is 0.961. The molecule has 4 rings (SSSR count). The van der Waals surface area contributed by atoms with Gasteiger partial charge in [-0.2, -0.15) is 0 Å². The maximum Gasteiger partial charge on any atom is 0.279 e. The van der Waals surface area contributed by atoms with Crippen molar-refractivity contribution in [1.82, 2.24) is 5.16 Å². The van der Waals surface area contributed by atoms with Crippen molar-refractivity contribution in [2.24, 2.45) is 0 Å². The third kappa shape index (κ3) is 4.91. The van der Waals surface area contributed by atoms with Gasteiger partial charge in [0.15, 0.2) is 6.54 Å². The maximum absolute atomic E-state index is 12.4. The van der Waals surface area contributed by atoms with Crippen LogP contribution in [0.5, 0.6) is 0 Å². The van der Waals surface area contributed by atoms with Crippen molar-refractivity contribution in [3.05, 3.63) is 41.8 Å². The summed E-state index contributed by atoms with van der Waals surface area (Å²) in [6, 6.07) is 10.3. The highest BCUT2D eigenvalue weighted by atomic mass is 16.5. The van der Waals surface area contributed by atoms with Gasteiger partial charge in [0.1, 0.15) is 44.2 Å². The third-order valence-electron chi connectivity index (χ3n) is 5.80. The Kier molecular flexibility index (Phi) is 5.92. The van der Waals surface area contributed by atoms with E-state index in [1.54, 1.807) is 0 Å². The highest BCUT2D eigenvalue weighted by Crippen LogP contribution is 2.21. The second kappa shape index (κ2) is 8.75. The minimum Gasteiger partial charge on any atom is -0.372 e. The fraction of sp³-hybridized carbons (Fsp3) is 0.524. The molecule has 7 nitrogen and oxygen atoms in total. The summed E-state index contributed by atoms with van der Waals surface area (Å²) >= 11 is 0. The number of piperazine rings is 1.